The number of amides is 1. The molecule has 1 aliphatic rings. The van der Waals surface area contributed by atoms with Crippen molar-refractivity contribution in [1.29, 1.82) is 0 Å². The van der Waals surface area contributed by atoms with Crippen LogP contribution in [-0.2, 0) is 4.79 Å². The SMILES string of the molecule is CC(O)CN(C)C(=O)C1CCC(O)CC1. The van der Waals surface area contributed by atoms with Crippen LogP contribution in [0.2, 0.25) is 0 Å². The first kappa shape index (κ1) is 12.5. The van der Waals surface area contributed by atoms with Crippen molar-refractivity contribution >= 4 is 5.91 Å². The summed E-state index contributed by atoms with van der Waals surface area (Å²) < 4.78 is 0. The van der Waals surface area contributed by atoms with Crippen molar-refractivity contribution in [1.82, 2.24) is 4.90 Å². The molecule has 0 aliphatic heterocycles. The van der Waals surface area contributed by atoms with Crippen LogP contribution in [0.3, 0.4) is 0 Å². The van der Waals surface area contributed by atoms with Gasteiger partial charge in [0.2, 0.25) is 5.91 Å². The van der Waals surface area contributed by atoms with E-state index in [1.54, 1.807) is 18.9 Å². The fourth-order valence-electron chi connectivity index (χ4n) is 2.12. The first-order valence-corrected chi connectivity index (χ1v) is 5.61. The van der Waals surface area contributed by atoms with Crippen molar-refractivity contribution in [3.05, 3.63) is 0 Å². The highest BCUT2D eigenvalue weighted by molar-refractivity contribution is 5.78. The van der Waals surface area contributed by atoms with Gasteiger partial charge < -0.3 is 15.1 Å². The highest BCUT2D eigenvalue weighted by Crippen LogP contribution is 2.25. The van der Waals surface area contributed by atoms with Crippen LogP contribution in [0.5, 0.6) is 0 Å². The molecule has 0 aromatic heterocycles. The van der Waals surface area contributed by atoms with Crippen LogP contribution in [0.1, 0.15) is 32.6 Å². The van der Waals surface area contributed by atoms with Crippen molar-refractivity contribution < 1.29 is 15.0 Å². The normalized spacial score (nSPS) is 28.5. The molecule has 1 saturated carbocycles. The first-order valence-electron chi connectivity index (χ1n) is 5.61. The molecule has 15 heavy (non-hydrogen) atoms. The third kappa shape index (κ3) is 3.80. The fourth-order valence-corrected chi connectivity index (χ4v) is 2.12. The molecule has 0 spiro atoms. The highest BCUT2D eigenvalue weighted by atomic mass is 16.3. The summed E-state index contributed by atoms with van der Waals surface area (Å²) in [4.78, 5) is 13.5. The summed E-state index contributed by atoms with van der Waals surface area (Å²) in [5.41, 5.74) is 0. The van der Waals surface area contributed by atoms with Crippen LogP contribution in [0.15, 0.2) is 0 Å². The molecule has 0 radical (unpaired) electrons. The predicted molar refractivity (Wildman–Crippen MR) is 57.3 cm³/mol. The number of nitrogens with zero attached hydrogens (tertiary/aromatic N) is 1. The van der Waals surface area contributed by atoms with Crippen LogP contribution in [0, 0.1) is 5.92 Å². The van der Waals surface area contributed by atoms with Gasteiger partial charge in [-0.15, -0.1) is 0 Å². The Morgan fingerprint density at radius 1 is 1.40 bits per heavy atom. The molecule has 0 aromatic rings. The van der Waals surface area contributed by atoms with Gasteiger partial charge in [0.25, 0.3) is 0 Å². The lowest BCUT2D eigenvalue weighted by Gasteiger charge is -2.29. The Morgan fingerprint density at radius 3 is 2.40 bits per heavy atom. The molecule has 2 N–H and O–H groups in total. The van der Waals surface area contributed by atoms with E-state index in [9.17, 15) is 15.0 Å². The number of carbonyl (C=O) groups is 1. The monoisotopic (exact) mass is 215 g/mol. The Kier molecular flexibility index (Phi) is 4.54. The quantitative estimate of drug-likeness (QED) is 0.715. The van der Waals surface area contributed by atoms with Crippen LogP contribution in [0.25, 0.3) is 0 Å². The minimum Gasteiger partial charge on any atom is -0.393 e. The lowest BCUT2D eigenvalue weighted by atomic mass is 9.86. The molecule has 88 valence electrons. The zero-order chi connectivity index (χ0) is 11.4. The Balaban J connectivity index is 2.39. The second-order valence-corrected chi connectivity index (χ2v) is 4.57. The van der Waals surface area contributed by atoms with E-state index < -0.39 is 6.10 Å². The van der Waals surface area contributed by atoms with E-state index in [4.69, 9.17) is 0 Å². The van der Waals surface area contributed by atoms with Crippen LogP contribution in [-0.4, -0.2) is 46.8 Å². The van der Waals surface area contributed by atoms with Crippen molar-refractivity contribution in [3.63, 3.8) is 0 Å². The molecule has 1 amide bonds. The zero-order valence-electron chi connectivity index (χ0n) is 9.52. The van der Waals surface area contributed by atoms with Gasteiger partial charge in [-0.05, 0) is 32.6 Å². The lowest BCUT2D eigenvalue weighted by molar-refractivity contribution is -0.137. The topological polar surface area (TPSA) is 60.8 Å². The van der Waals surface area contributed by atoms with E-state index >= 15 is 0 Å². The highest BCUT2D eigenvalue weighted by Gasteiger charge is 2.27. The molecule has 0 aromatic carbocycles. The van der Waals surface area contributed by atoms with Gasteiger partial charge in [-0.1, -0.05) is 0 Å². The fraction of sp³-hybridized carbons (Fsp3) is 0.909. The molecule has 1 unspecified atom stereocenters. The van der Waals surface area contributed by atoms with Crippen molar-refractivity contribution in [2.24, 2.45) is 5.92 Å². The number of aliphatic hydroxyl groups excluding tert-OH is 2. The van der Waals surface area contributed by atoms with Gasteiger partial charge in [0.1, 0.15) is 0 Å². The second kappa shape index (κ2) is 5.47. The summed E-state index contributed by atoms with van der Waals surface area (Å²) in [5.74, 6) is 0.139. The maximum absolute atomic E-state index is 11.9. The Bertz CT molecular complexity index is 210. The molecular formula is C11H21NO3. The summed E-state index contributed by atoms with van der Waals surface area (Å²) in [6.45, 7) is 2.06. The van der Waals surface area contributed by atoms with Gasteiger partial charge in [0, 0.05) is 19.5 Å². The summed E-state index contributed by atoms with van der Waals surface area (Å²) in [5, 5.41) is 18.5. The lowest BCUT2D eigenvalue weighted by Crippen LogP contribution is -2.39. The second-order valence-electron chi connectivity index (χ2n) is 4.57. The largest absolute Gasteiger partial charge is 0.393 e. The average molecular weight is 215 g/mol. The van der Waals surface area contributed by atoms with Crippen LogP contribution >= 0.6 is 0 Å². The minimum absolute atomic E-state index is 0.0390. The molecule has 0 bridgehead atoms. The van der Waals surface area contributed by atoms with Gasteiger partial charge in [-0.2, -0.15) is 0 Å². The van der Waals surface area contributed by atoms with Gasteiger partial charge in [-0.25, -0.2) is 0 Å². The van der Waals surface area contributed by atoms with E-state index in [2.05, 4.69) is 0 Å². The van der Waals surface area contributed by atoms with Crippen LogP contribution < -0.4 is 0 Å². The molecule has 4 nitrogen and oxygen atoms in total. The Hall–Kier alpha value is -0.610. The molecule has 1 fully saturated rings. The number of aliphatic hydroxyl groups is 2. The van der Waals surface area contributed by atoms with Crippen molar-refractivity contribution in [2.75, 3.05) is 13.6 Å². The first-order chi connectivity index (χ1) is 7.00. The molecular weight excluding hydrogens is 194 g/mol. The number of likely N-dealkylation sites (N-methyl/N-ethyl adjacent to an activating group) is 1. The number of hydrogen-bond donors (Lipinski definition) is 2. The van der Waals surface area contributed by atoms with Gasteiger partial charge in [0.05, 0.1) is 12.2 Å². The Labute approximate surface area is 90.9 Å². The van der Waals surface area contributed by atoms with Gasteiger partial charge in [0.15, 0.2) is 0 Å². The van der Waals surface area contributed by atoms with E-state index in [0.29, 0.717) is 6.54 Å². The van der Waals surface area contributed by atoms with Gasteiger partial charge >= 0.3 is 0 Å². The summed E-state index contributed by atoms with van der Waals surface area (Å²) in [6, 6.07) is 0. The zero-order valence-corrected chi connectivity index (χ0v) is 9.52. The van der Waals surface area contributed by atoms with Crippen LogP contribution in [0.4, 0.5) is 0 Å². The van der Waals surface area contributed by atoms with E-state index in [0.717, 1.165) is 25.7 Å². The number of carbonyl (C=O) groups excluding carboxylic acids is 1. The maximum Gasteiger partial charge on any atom is 0.225 e. The average Bonchev–Trinajstić information content (AvgIpc) is 2.17. The standard InChI is InChI=1S/C11H21NO3/c1-8(13)7-12(2)11(15)9-3-5-10(14)6-4-9/h8-10,13-14H,3-7H2,1-2H3. The molecule has 1 rings (SSSR count). The summed E-state index contributed by atoms with van der Waals surface area (Å²) >= 11 is 0. The minimum atomic E-state index is -0.479. The molecule has 1 aliphatic carbocycles. The summed E-state index contributed by atoms with van der Waals surface area (Å²) in [6.07, 6.45) is 2.27. The van der Waals surface area contributed by atoms with Crippen molar-refractivity contribution in [3.8, 4) is 0 Å². The van der Waals surface area contributed by atoms with E-state index in [1.807, 2.05) is 0 Å². The smallest absolute Gasteiger partial charge is 0.225 e. The number of hydrogen-bond acceptors (Lipinski definition) is 3. The summed E-state index contributed by atoms with van der Waals surface area (Å²) in [7, 11) is 1.72. The Morgan fingerprint density at radius 2 is 1.93 bits per heavy atom. The van der Waals surface area contributed by atoms with E-state index in [1.165, 1.54) is 0 Å². The predicted octanol–water partition coefficient (Wildman–Crippen LogP) is 0.377. The molecule has 4 heteroatoms. The van der Waals surface area contributed by atoms with Gasteiger partial charge in [-0.3, -0.25) is 4.79 Å². The third-order valence-corrected chi connectivity index (χ3v) is 2.96. The van der Waals surface area contributed by atoms with E-state index in [-0.39, 0.29) is 17.9 Å². The third-order valence-electron chi connectivity index (χ3n) is 2.96. The molecule has 1 atom stereocenters. The number of rotatable bonds is 3. The van der Waals surface area contributed by atoms with Crippen molar-refractivity contribution in [2.45, 2.75) is 44.8 Å². The maximum atomic E-state index is 11.9. The molecule has 0 heterocycles. The molecule has 0 saturated heterocycles.